The predicted octanol–water partition coefficient (Wildman–Crippen LogP) is 4.36. The van der Waals surface area contributed by atoms with E-state index in [2.05, 4.69) is 15.3 Å². The summed E-state index contributed by atoms with van der Waals surface area (Å²) in [5, 5.41) is 3.20. The van der Waals surface area contributed by atoms with Gasteiger partial charge in [-0.3, -0.25) is 9.98 Å². The van der Waals surface area contributed by atoms with Crippen LogP contribution in [0.25, 0.3) is 0 Å². The zero-order valence-electron chi connectivity index (χ0n) is 15.3. The summed E-state index contributed by atoms with van der Waals surface area (Å²) >= 11 is 0. The van der Waals surface area contributed by atoms with Crippen molar-refractivity contribution >= 4 is 29.9 Å². The summed E-state index contributed by atoms with van der Waals surface area (Å²) in [4.78, 5) is 10.7. The lowest BCUT2D eigenvalue weighted by atomic mass is 10.1. The highest BCUT2D eigenvalue weighted by molar-refractivity contribution is 14.0. The molecule has 0 unspecified atom stereocenters. The Bertz CT molecular complexity index is 703. The Balaban J connectivity index is 0.00000364. The summed E-state index contributed by atoms with van der Waals surface area (Å²) in [6, 6.07) is 11.0. The average molecular weight is 492 g/mol. The van der Waals surface area contributed by atoms with E-state index in [0.717, 1.165) is 29.8 Å². The Morgan fingerprint density at radius 2 is 1.85 bits per heavy atom. The fourth-order valence-corrected chi connectivity index (χ4v) is 2.44. The van der Waals surface area contributed by atoms with Crippen molar-refractivity contribution in [1.29, 1.82) is 0 Å². The number of hydrogen-bond donors (Lipinski definition) is 1. The van der Waals surface area contributed by atoms with E-state index in [0.29, 0.717) is 25.6 Å². The Kier molecular flexibility index (Phi) is 9.54. The van der Waals surface area contributed by atoms with Gasteiger partial charge in [0.15, 0.2) is 5.96 Å². The van der Waals surface area contributed by atoms with E-state index >= 15 is 0 Å². The second-order valence-electron chi connectivity index (χ2n) is 5.86. The summed E-state index contributed by atoms with van der Waals surface area (Å²) in [5.41, 5.74) is 1.12. The number of aliphatic imine (C=N–C) groups is 1. The number of rotatable bonds is 6. The summed E-state index contributed by atoms with van der Waals surface area (Å²) in [7, 11) is 1.86. The highest BCUT2D eigenvalue weighted by Crippen LogP contribution is 2.29. The van der Waals surface area contributed by atoms with Crippen LogP contribution in [0.3, 0.4) is 0 Å². The molecule has 1 aromatic heterocycles. The van der Waals surface area contributed by atoms with Crippen LogP contribution in [0.2, 0.25) is 0 Å². The van der Waals surface area contributed by atoms with Crippen LogP contribution in [0, 0.1) is 0 Å². The second-order valence-corrected chi connectivity index (χ2v) is 5.86. The van der Waals surface area contributed by atoms with Crippen molar-refractivity contribution in [2.24, 2.45) is 4.99 Å². The zero-order chi connectivity index (χ0) is 19.0. The van der Waals surface area contributed by atoms with Crippen LogP contribution >= 0.6 is 24.0 Å². The first-order valence-electron chi connectivity index (χ1n) is 8.45. The molecule has 0 aliphatic rings. The lowest BCUT2D eigenvalue weighted by molar-refractivity contribution is -0.137. The fourth-order valence-electron chi connectivity index (χ4n) is 2.44. The van der Waals surface area contributed by atoms with Gasteiger partial charge in [-0.25, -0.2) is 0 Å². The minimum absolute atomic E-state index is 0. The van der Waals surface area contributed by atoms with Crippen molar-refractivity contribution in [3.63, 3.8) is 0 Å². The molecule has 0 radical (unpaired) electrons. The molecule has 0 amide bonds. The Morgan fingerprint density at radius 3 is 2.41 bits per heavy atom. The Labute approximate surface area is 174 Å². The molecule has 0 fully saturated rings. The van der Waals surface area contributed by atoms with Crippen molar-refractivity contribution in [2.45, 2.75) is 26.1 Å². The van der Waals surface area contributed by atoms with Crippen molar-refractivity contribution < 1.29 is 13.2 Å². The van der Waals surface area contributed by atoms with Gasteiger partial charge in [-0.15, -0.1) is 24.0 Å². The maximum absolute atomic E-state index is 12.6. The second kappa shape index (κ2) is 11.1. The third-order valence-corrected chi connectivity index (χ3v) is 3.75. The van der Waals surface area contributed by atoms with Crippen molar-refractivity contribution in [3.8, 4) is 0 Å². The maximum Gasteiger partial charge on any atom is 0.416 e. The van der Waals surface area contributed by atoms with Crippen LogP contribution in [-0.4, -0.2) is 36.0 Å². The standard InChI is InChI=1S/C19H23F3N4.HI/c1-3-23-18(25-13-11-17-6-4-5-12-24-17)26(2)14-15-7-9-16(10-8-15)19(20,21)22;/h4-10,12H,3,11,13-14H2,1-2H3,(H,23,25);1H. The average Bonchev–Trinajstić information content (AvgIpc) is 2.61. The van der Waals surface area contributed by atoms with Crippen molar-refractivity contribution in [1.82, 2.24) is 15.2 Å². The zero-order valence-corrected chi connectivity index (χ0v) is 17.7. The van der Waals surface area contributed by atoms with Crippen molar-refractivity contribution in [3.05, 3.63) is 65.5 Å². The van der Waals surface area contributed by atoms with E-state index in [4.69, 9.17) is 0 Å². The maximum atomic E-state index is 12.6. The summed E-state index contributed by atoms with van der Waals surface area (Å²) in [5.74, 6) is 0.711. The number of benzene rings is 1. The van der Waals surface area contributed by atoms with Gasteiger partial charge in [0.1, 0.15) is 0 Å². The first-order valence-corrected chi connectivity index (χ1v) is 8.45. The summed E-state index contributed by atoms with van der Waals surface area (Å²) in [6.07, 6.45) is -1.84. The van der Waals surface area contributed by atoms with Gasteiger partial charge in [-0.05, 0) is 36.8 Å². The molecule has 0 bridgehead atoms. The molecule has 27 heavy (non-hydrogen) atoms. The van der Waals surface area contributed by atoms with Gasteiger partial charge < -0.3 is 10.2 Å². The molecule has 148 valence electrons. The molecule has 8 heteroatoms. The molecule has 0 spiro atoms. The molecular weight excluding hydrogens is 468 g/mol. The number of halogens is 4. The largest absolute Gasteiger partial charge is 0.416 e. The number of pyridine rings is 1. The smallest absolute Gasteiger partial charge is 0.357 e. The lowest BCUT2D eigenvalue weighted by Crippen LogP contribution is -2.38. The lowest BCUT2D eigenvalue weighted by Gasteiger charge is -2.22. The van der Waals surface area contributed by atoms with Gasteiger partial charge in [0, 0.05) is 45.0 Å². The predicted molar refractivity (Wildman–Crippen MR) is 112 cm³/mol. The van der Waals surface area contributed by atoms with Crippen LogP contribution in [-0.2, 0) is 19.1 Å². The Morgan fingerprint density at radius 1 is 1.15 bits per heavy atom. The molecule has 0 aliphatic carbocycles. The van der Waals surface area contributed by atoms with Gasteiger partial charge in [0.2, 0.25) is 0 Å². The van der Waals surface area contributed by atoms with Gasteiger partial charge in [-0.2, -0.15) is 13.2 Å². The SMILES string of the molecule is CCNC(=NCCc1ccccn1)N(C)Cc1ccc(C(F)(F)F)cc1.I. The van der Waals surface area contributed by atoms with Crippen LogP contribution < -0.4 is 5.32 Å². The van der Waals surface area contributed by atoms with E-state index in [1.54, 1.807) is 6.20 Å². The quantitative estimate of drug-likeness (QED) is 0.370. The molecule has 2 rings (SSSR count). The number of aromatic nitrogens is 1. The van der Waals surface area contributed by atoms with Crippen LogP contribution in [0.4, 0.5) is 13.2 Å². The molecule has 0 atom stereocenters. The van der Waals surface area contributed by atoms with Crippen LogP contribution in [0.15, 0.2) is 53.7 Å². The summed E-state index contributed by atoms with van der Waals surface area (Å²) in [6.45, 7) is 3.73. The minimum atomic E-state index is -4.31. The first kappa shape index (κ1) is 23.2. The highest BCUT2D eigenvalue weighted by Gasteiger charge is 2.29. The summed E-state index contributed by atoms with van der Waals surface area (Å²) < 4.78 is 37.9. The molecule has 2 aromatic rings. The normalized spacial score (nSPS) is 11.7. The topological polar surface area (TPSA) is 40.5 Å². The number of guanidine groups is 1. The molecule has 1 heterocycles. The molecule has 4 nitrogen and oxygen atoms in total. The number of nitrogens with zero attached hydrogens (tertiary/aromatic N) is 3. The van der Waals surface area contributed by atoms with E-state index in [1.165, 1.54) is 12.1 Å². The monoisotopic (exact) mass is 492 g/mol. The molecule has 0 saturated heterocycles. The van der Waals surface area contributed by atoms with Crippen LogP contribution in [0.5, 0.6) is 0 Å². The molecular formula is C19H24F3IN4. The third kappa shape index (κ3) is 7.74. The fraction of sp³-hybridized carbons (Fsp3) is 0.368. The molecule has 0 aliphatic heterocycles. The van der Waals surface area contributed by atoms with Crippen molar-refractivity contribution in [2.75, 3.05) is 20.1 Å². The van der Waals surface area contributed by atoms with E-state index < -0.39 is 11.7 Å². The van der Waals surface area contributed by atoms with E-state index in [9.17, 15) is 13.2 Å². The van der Waals surface area contributed by atoms with E-state index in [-0.39, 0.29) is 24.0 Å². The Hall–Kier alpha value is -1.84. The molecule has 0 saturated carbocycles. The van der Waals surface area contributed by atoms with Crippen LogP contribution in [0.1, 0.15) is 23.7 Å². The third-order valence-electron chi connectivity index (χ3n) is 3.75. The first-order chi connectivity index (χ1) is 12.4. The van der Waals surface area contributed by atoms with Gasteiger partial charge in [0.25, 0.3) is 0 Å². The molecule has 1 aromatic carbocycles. The number of hydrogen-bond acceptors (Lipinski definition) is 2. The number of nitrogens with one attached hydrogen (secondary N) is 1. The number of alkyl halides is 3. The van der Waals surface area contributed by atoms with E-state index in [1.807, 2.05) is 37.1 Å². The van der Waals surface area contributed by atoms with Gasteiger partial charge in [-0.1, -0.05) is 18.2 Å². The molecule has 1 N–H and O–H groups in total. The van der Waals surface area contributed by atoms with Gasteiger partial charge >= 0.3 is 6.18 Å². The minimum Gasteiger partial charge on any atom is -0.357 e. The van der Waals surface area contributed by atoms with Gasteiger partial charge in [0.05, 0.1) is 5.56 Å². The highest BCUT2D eigenvalue weighted by atomic mass is 127.